The lowest BCUT2D eigenvalue weighted by atomic mass is 10.2. The minimum atomic E-state index is 0.486. The average Bonchev–Trinajstić information content (AvgIpc) is 2.98. The van der Waals surface area contributed by atoms with E-state index in [2.05, 4.69) is 41.8 Å². The maximum atomic E-state index is 5.42. The standard InChI is InChI=1S/C18H27BrN6O2/c1-13-23-24-17(25(13)2)12-22-18(20-8-5-9-26-3)21-11-14-10-15(19)6-7-16(14)27-4/h6-7,10H,5,8-9,11-12H2,1-4H3,(H2,20,21,22). The fraction of sp³-hybridized carbons (Fsp3) is 0.500. The smallest absolute Gasteiger partial charge is 0.191 e. The number of hydrogen-bond donors (Lipinski definition) is 2. The molecular weight excluding hydrogens is 412 g/mol. The molecule has 0 saturated heterocycles. The van der Waals surface area contributed by atoms with Crippen LogP contribution in [0.2, 0.25) is 0 Å². The van der Waals surface area contributed by atoms with Gasteiger partial charge in [0.2, 0.25) is 0 Å². The number of halogens is 1. The molecule has 148 valence electrons. The van der Waals surface area contributed by atoms with Crippen LogP contribution >= 0.6 is 15.9 Å². The highest BCUT2D eigenvalue weighted by Crippen LogP contribution is 2.23. The van der Waals surface area contributed by atoms with Crippen molar-refractivity contribution in [1.82, 2.24) is 25.4 Å². The molecule has 0 aliphatic heterocycles. The summed E-state index contributed by atoms with van der Waals surface area (Å²) in [7, 11) is 5.31. The quantitative estimate of drug-likeness (QED) is 0.354. The summed E-state index contributed by atoms with van der Waals surface area (Å²) in [5.41, 5.74) is 0.999. The minimum absolute atomic E-state index is 0.486. The van der Waals surface area contributed by atoms with Crippen molar-refractivity contribution in [2.45, 2.75) is 26.4 Å². The number of benzene rings is 1. The molecular formula is C18H27BrN6O2. The van der Waals surface area contributed by atoms with Gasteiger partial charge in [-0.15, -0.1) is 10.2 Å². The number of methoxy groups -OCH3 is 2. The number of aliphatic imine (C=N–C) groups is 1. The van der Waals surface area contributed by atoms with Crippen LogP contribution in [-0.4, -0.2) is 48.1 Å². The summed E-state index contributed by atoms with van der Waals surface area (Å²) in [4.78, 5) is 4.69. The Hall–Kier alpha value is -2.13. The first kappa shape index (κ1) is 21.2. The lowest BCUT2D eigenvalue weighted by molar-refractivity contribution is 0.195. The first-order valence-electron chi connectivity index (χ1n) is 8.73. The number of aryl methyl sites for hydroxylation is 1. The van der Waals surface area contributed by atoms with Crippen LogP contribution in [-0.2, 0) is 24.9 Å². The molecule has 2 rings (SSSR count). The molecule has 0 saturated carbocycles. The van der Waals surface area contributed by atoms with Gasteiger partial charge in [-0.05, 0) is 31.5 Å². The van der Waals surface area contributed by atoms with E-state index in [1.165, 1.54) is 0 Å². The molecule has 0 atom stereocenters. The topological polar surface area (TPSA) is 85.6 Å². The van der Waals surface area contributed by atoms with Gasteiger partial charge in [0.15, 0.2) is 11.8 Å². The average molecular weight is 439 g/mol. The Morgan fingerprint density at radius 3 is 2.74 bits per heavy atom. The molecule has 1 heterocycles. The maximum absolute atomic E-state index is 5.42. The number of guanidine groups is 1. The van der Waals surface area contributed by atoms with E-state index >= 15 is 0 Å². The number of ether oxygens (including phenoxy) is 2. The molecule has 0 fully saturated rings. The van der Waals surface area contributed by atoms with E-state index in [-0.39, 0.29) is 0 Å². The summed E-state index contributed by atoms with van der Waals surface area (Å²) in [6.45, 7) is 4.40. The molecule has 0 aliphatic rings. The number of nitrogens with zero attached hydrogens (tertiary/aromatic N) is 4. The maximum Gasteiger partial charge on any atom is 0.191 e. The molecule has 9 heteroatoms. The highest BCUT2D eigenvalue weighted by atomic mass is 79.9. The van der Waals surface area contributed by atoms with E-state index < -0.39 is 0 Å². The lowest BCUT2D eigenvalue weighted by Gasteiger charge is -2.13. The van der Waals surface area contributed by atoms with Crippen LogP contribution in [0.25, 0.3) is 0 Å². The zero-order chi connectivity index (χ0) is 19.6. The Balaban J connectivity index is 2.07. The summed E-state index contributed by atoms with van der Waals surface area (Å²) in [5.74, 6) is 3.23. The number of nitrogens with one attached hydrogen (secondary N) is 2. The zero-order valence-electron chi connectivity index (χ0n) is 16.3. The van der Waals surface area contributed by atoms with Crippen LogP contribution < -0.4 is 15.4 Å². The van der Waals surface area contributed by atoms with Gasteiger partial charge >= 0.3 is 0 Å². The Morgan fingerprint density at radius 1 is 1.26 bits per heavy atom. The van der Waals surface area contributed by atoms with Crippen molar-refractivity contribution in [2.75, 3.05) is 27.4 Å². The normalized spacial score (nSPS) is 11.5. The summed E-state index contributed by atoms with van der Waals surface area (Å²) < 4.78 is 13.5. The largest absolute Gasteiger partial charge is 0.496 e. The molecule has 2 aromatic rings. The fourth-order valence-corrected chi connectivity index (χ4v) is 2.81. The van der Waals surface area contributed by atoms with Gasteiger partial charge in [-0.1, -0.05) is 15.9 Å². The van der Waals surface area contributed by atoms with Gasteiger partial charge in [0.1, 0.15) is 11.6 Å². The van der Waals surface area contributed by atoms with Crippen molar-refractivity contribution in [3.63, 3.8) is 0 Å². The number of rotatable bonds is 9. The SMILES string of the molecule is COCCCNC(=NCc1cc(Br)ccc1OC)NCc1nnc(C)n1C. The fourth-order valence-electron chi connectivity index (χ4n) is 2.40. The molecule has 27 heavy (non-hydrogen) atoms. The molecule has 0 radical (unpaired) electrons. The van der Waals surface area contributed by atoms with Crippen molar-refractivity contribution >= 4 is 21.9 Å². The van der Waals surface area contributed by atoms with Gasteiger partial charge in [-0.3, -0.25) is 0 Å². The van der Waals surface area contributed by atoms with Crippen molar-refractivity contribution in [3.8, 4) is 5.75 Å². The third kappa shape index (κ3) is 6.51. The predicted octanol–water partition coefficient (Wildman–Crippen LogP) is 2.17. The Morgan fingerprint density at radius 2 is 2.07 bits per heavy atom. The van der Waals surface area contributed by atoms with E-state index in [9.17, 15) is 0 Å². The lowest BCUT2D eigenvalue weighted by Crippen LogP contribution is -2.38. The van der Waals surface area contributed by atoms with Crippen LogP contribution in [0.1, 0.15) is 23.6 Å². The number of aromatic nitrogens is 3. The van der Waals surface area contributed by atoms with Gasteiger partial charge < -0.3 is 24.7 Å². The second-order valence-electron chi connectivity index (χ2n) is 5.97. The van der Waals surface area contributed by atoms with Crippen molar-refractivity contribution in [2.24, 2.45) is 12.0 Å². The first-order chi connectivity index (χ1) is 13.0. The van der Waals surface area contributed by atoms with Crippen LogP contribution in [0, 0.1) is 6.92 Å². The third-order valence-electron chi connectivity index (χ3n) is 4.06. The van der Waals surface area contributed by atoms with Gasteiger partial charge in [0.25, 0.3) is 0 Å². The van der Waals surface area contributed by atoms with Crippen LogP contribution in [0.15, 0.2) is 27.7 Å². The third-order valence-corrected chi connectivity index (χ3v) is 4.56. The zero-order valence-corrected chi connectivity index (χ0v) is 17.8. The molecule has 8 nitrogen and oxygen atoms in total. The van der Waals surface area contributed by atoms with Crippen molar-refractivity contribution < 1.29 is 9.47 Å². The summed E-state index contributed by atoms with van der Waals surface area (Å²) >= 11 is 3.50. The molecule has 0 spiro atoms. The highest BCUT2D eigenvalue weighted by Gasteiger charge is 2.08. The van der Waals surface area contributed by atoms with Crippen LogP contribution in [0.4, 0.5) is 0 Å². The summed E-state index contributed by atoms with van der Waals surface area (Å²) in [5, 5.41) is 14.9. The second-order valence-corrected chi connectivity index (χ2v) is 6.89. The minimum Gasteiger partial charge on any atom is -0.496 e. The number of hydrogen-bond acceptors (Lipinski definition) is 5. The van der Waals surface area contributed by atoms with Gasteiger partial charge in [0, 0.05) is 37.3 Å². The summed E-state index contributed by atoms with van der Waals surface area (Å²) in [6.07, 6.45) is 0.889. The summed E-state index contributed by atoms with van der Waals surface area (Å²) in [6, 6.07) is 5.89. The highest BCUT2D eigenvalue weighted by molar-refractivity contribution is 9.10. The molecule has 0 aliphatic carbocycles. The Bertz CT molecular complexity index is 762. The van der Waals surface area contributed by atoms with Gasteiger partial charge in [-0.2, -0.15) is 0 Å². The van der Waals surface area contributed by atoms with Crippen LogP contribution in [0.5, 0.6) is 5.75 Å². The van der Waals surface area contributed by atoms with E-state index in [4.69, 9.17) is 9.47 Å². The predicted molar refractivity (Wildman–Crippen MR) is 109 cm³/mol. The van der Waals surface area contributed by atoms with E-state index in [0.29, 0.717) is 25.7 Å². The molecule has 0 bridgehead atoms. The second kappa shape index (κ2) is 10.9. The van der Waals surface area contributed by atoms with Gasteiger partial charge in [-0.25, -0.2) is 4.99 Å². The molecule has 0 amide bonds. The first-order valence-corrected chi connectivity index (χ1v) is 9.52. The molecule has 1 aromatic heterocycles. The molecule has 1 aromatic carbocycles. The van der Waals surface area contributed by atoms with E-state index in [0.717, 1.165) is 40.4 Å². The molecule has 0 unspecified atom stereocenters. The van der Waals surface area contributed by atoms with Crippen LogP contribution in [0.3, 0.4) is 0 Å². The van der Waals surface area contributed by atoms with Crippen molar-refractivity contribution in [3.05, 3.63) is 39.9 Å². The molecule has 2 N–H and O–H groups in total. The Labute approximate surface area is 168 Å². The van der Waals surface area contributed by atoms with E-state index in [1.807, 2.05) is 36.7 Å². The monoisotopic (exact) mass is 438 g/mol. The van der Waals surface area contributed by atoms with E-state index in [1.54, 1.807) is 14.2 Å². The van der Waals surface area contributed by atoms with Gasteiger partial charge in [0.05, 0.1) is 20.2 Å². The Kier molecular flexibility index (Phi) is 8.53. The van der Waals surface area contributed by atoms with Crippen molar-refractivity contribution in [1.29, 1.82) is 0 Å².